The summed E-state index contributed by atoms with van der Waals surface area (Å²) in [5.74, 6) is 0.422. The number of hydrogen-bond acceptors (Lipinski definition) is 5. The van der Waals surface area contributed by atoms with E-state index in [1.54, 1.807) is 39.0 Å². The van der Waals surface area contributed by atoms with Gasteiger partial charge >= 0.3 is 6.09 Å². The molecule has 21 heavy (non-hydrogen) atoms. The summed E-state index contributed by atoms with van der Waals surface area (Å²) in [5.41, 5.74) is 5.98. The zero-order valence-electron chi connectivity index (χ0n) is 11.9. The predicted molar refractivity (Wildman–Crippen MR) is 81.2 cm³/mol. The molecule has 0 bridgehead atoms. The molecule has 0 fully saturated rings. The minimum atomic E-state index is -0.571. The lowest BCUT2D eigenvalue weighted by Crippen LogP contribution is -2.27. The number of amides is 1. The molecule has 0 radical (unpaired) electrons. The maximum atomic E-state index is 11.7. The number of aromatic nitrogens is 1. The minimum Gasteiger partial charge on any atom is -0.444 e. The van der Waals surface area contributed by atoms with E-state index in [1.807, 2.05) is 0 Å². The first kappa shape index (κ1) is 15.2. The summed E-state index contributed by atoms with van der Waals surface area (Å²) < 4.78 is 10.4. The molecule has 0 aliphatic rings. The molecule has 0 unspecified atom stereocenters. The number of benzene rings is 1. The Morgan fingerprint density at radius 1 is 1.43 bits per heavy atom. The molecule has 1 heterocycles. The Kier molecular flexibility index (Phi) is 4.09. The quantitative estimate of drug-likeness (QED) is 0.877. The lowest BCUT2D eigenvalue weighted by Gasteiger charge is -2.19. The molecule has 7 heteroatoms. The number of anilines is 2. The number of carbonyl (C=O) groups excluding carboxylic acids is 1. The first-order valence-electron chi connectivity index (χ1n) is 6.26. The van der Waals surface area contributed by atoms with Crippen LogP contribution in [0.5, 0.6) is 0 Å². The number of halogens is 1. The van der Waals surface area contributed by atoms with Crippen LogP contribution >= 0.6 is 11.6 Å². The molecule has 6 nitrogen and oxygen atoms in total. The molecular weight excluding hydrogens is 294 g/mol. The Balaban J connectivity index is 2.21. The molecule has 2 aromatic rings. The van der Waals surface area contributed by atoms with E-state index in [2.05, 4.69) is 10.3 Å². The minimum absolute atomic E-state index is 0.0478. The Morgan fingerprint density at radius 2 is 2.14 bits per heavy atom. The molecule has 0 atom stereocenters. The Bertz CT molecular complexity index is 662. The molecule has 1 amide bonds. The molecule has 0 saturated heterocycles. The van der Waals surface area contributed by atoms with E-state index in [1.165, 1.54) is 6.20 Å². The summed E-state index contributed by atoms with van der Waals surface area (Å²) in [6.07, 6.45) is 0.918. The maximum absolute atomic E-state index is 11.7. The van der Waals surface area contributed by atoms with Crippen molar-refractivity contribution in [2.75, 3.05) is 11.1 Å². The van der Waals surface area contributed by atoms with E-state index in [4.69, 9.17) is 26.5 Å². The average molecular weight is 310 g/mol. The van der Waals surface area contributed by atoms with Gasteiger partial charge in [-0.1, -0.05) is 11.6 Å². The van der Waals surface area contributed by atoms with Crippen molar-refractivity contribution < 1.29 is 13.9 Å². The normalized spacial score (nSPS) is 11.2. The zero-order chi connectivity index (χ0) is 15.6. The predicted octanol–water partition coefficient (Wildman–Crippen LogP) is 3.92. The SMILES string of the molecule is CC(C)(C)OC(=O)Nc1ccc(Cl)c(-c2cnc(N)o2)c1. The number of rotatable bonds is 2. The highest BCUT2D eigenvalue weighted by molar-refractivity contribution is 6.33. The number of carbonyl (C=O) groups is 1. The van der Waals surface area contributed by atoms with E-state index in [-0.39, 0.29) is 6.01 Å². The Morgan fingerprint density at radius 3 is 2.71 bits per heavy atom. The van der Waals surface area contributed by atoms with E-state index in [0.29, 0.717) is 22.0 Å². The van der Waals surface area contributed by atoms with Gasteiger partial charge in [0.25, 0.3) is 6.01 Å². The highest BCUT2D eigenvalue weighted by Crippen LogP contribution is 2.31. The topological polar surface area (TPSA) is 90.4 Å². The van der Waals surface area contributed by atoms with Gasteiger partial charge in [-0.05, 0) is 39.0 Å². The fraction of sp³-hybridized carbons (Fsp3) is 0.286. The van der Waals surface area contributed by atoms with Gasteiger partial charge in [-0.15, -0.1) is 0 Å². The monoisotopic (exact) mass is 309 g/mol. The van der Waals surface area contributed by atoms with Crippen molar-refractivity contribution in [1.82, 2.24) is 4.98 Å². The lowest BCUT2D eigenvalue weighted by atomic mass is 10.1. The van der Waals surface area contributed by atoms with Crippen LogP contribution in [0, 0.1) is 0 Å². The Labute approximate surface area is 127 Å². The summed E-state index contributed by atoms with van der Waals surface area (Å²) >= 11 is 6.11. The second-order valence-electron chi connectivity index (χ2n) is 5.38. The Hall–Kier alpha value is -2.21. The first-order chi connectivity index (χ1) is 9.74. The van der Waals surface area contributed by atoms with Crippen LogP contribution in [0.2, 0.25) is 5.02 Å². The number of ether oxygens (including phenoxy) is 1. The zero-order valence-corrected chi connectivity index (χ0v) is 12.7. The van der Waals surface area contributed by atoms with Crippen molar-refractivity contribution in [3.05, 3.63) is 29.4 Å². The molecule has 1 aromatic heterocycles. The van der Waals surface area contributed by atoms with Gasteiger partial charge in [-0.25, -0.2) is 9.78 Å². The van der Waals surface area contributed by atoms with E-state index >= 15 is 0 Å². The first-order valence-corrected chi connectivity index (χ1v) is 6.63. The van der Waals surface area contributed by atoms with Crippen molar-refractivity contribution in [3.63, 3.8) is 0 Å². The van der Waals surface area contributed by atoms with Crippen LogP contribution in [0.25, 0.3) is 11.3 Å². The number of oxazole rings is 1. The van der Waals surface area contributed by atoms with Crippen LogP contribution in [-0.2, 0) is 4.74 Å². The van der Waals surface area contributed by atoms with Gasteiger partial charge < -0.3 is 14.9 Å². The van der Waals surface area contributed by atoms with E-state index < -0.39 is 11.7 Å². The smallest absolute Gasteiger partial charge is 0.412 e. The van der Waals surface area contributed by atoms with Crippen LogP contribution < -0.4 is 11.1 Å². The van der Waals surface area contributed by atoms with Crippen LogP contribution in [0.1, 0.15) is 20.8 Å². The van der Waals surface area contributed by atoms with Gasteiger partial charge in [0.1, 0.15) is 5.60 Å². The van der Waals surface area contributed by atoms with Crippen molar-refractivity contribution in [2.45, 2.75) is 26.4 Å². The standard InChI is InChI=1S/C14H16ClN3O3/c1-14(2,3)21-13(19)18-8-4-5-10(15)9(6-8)11-7-17-12(16)20-11/h4-7H,1-3H3,(H2,16,17)(H,18,19). The van der Waals surface area contributed by atoms with Crippen molar-refractivity contribution >= 4 is 29.4 Å². The molecule has 0 aliphatic carbocycles. The number of nitrogens with one attached hydrogen (secondary N) is 1. The van der Waals surface area contributed by atoms with Gasteiger partial charge in [0.05, 0.1) is 11.2 Å². The lowest BCUT2D eigenvalue weighted by molar-refractivity contribution is 0.0636. The molecule has 112 valence electrons. The fourth-order valence-corrected chi connectivity index (χ4v) is 1.84. The number of hydrogen-bond donors (Lipinski definition) is 2. The highest BCUT2D eigenvalue weighted by Gasteiger charge is 2.17. The van der Waals surface area contributed by atoms with Crippen LogP contribution in [0.15, 0.2) is 28.8 Å². The second kappa shape index (κ2) is 5.65. The molecule has 0 saturated carbocycles. The summed E-state index contributed by atoms with van der Waals surface area (Å²) in [4.78, 5) is 15.6. The number of nitrogens with zero attached hydrogens (tertiary/aromatic N) is 1. The van der Waals surface area contributed by atoms with E-state index in [9.17, 15) is 4.79 Å². The molecule has 0 spiro atoms. The van der Waals surface area contributed by atoms with Gasteiger partial charge in [0.2, 0.25) is 0 Å². The molecule has 2 rings (SSSR count). The van der Waals surface area contributed by atoms with Crippen LogP contribution in [0.3, 0.4) is 0 Å². The molecule has 1 aromatic carbocycles. The van der Waals surface area contributed by atoms with Gasteiger partial charge in [0.15, 0.2) is 5.76 Å². The third kappa shape index (κ3) is 4.13. The van der Waals surface area contributed by atoms with E-state index in [0.717, 1.165) is 0 Å². The van der Waals surface area contributed by atoms with Crippen molar-refractivity contribution in [3.8, 4) is 11.3 Å². The maximum Gasteiger partial charge on any atom is 0.412 e. The van der Waals surface area contributed by atoms with Crippen molar-refractivity contribution in [1.29, 1.82) is 0 Å². The van der Waals surface area contributed by atoms with Gasteiger partial charge in [-0.3, -0.25) is 5.32 Å². The van der Waals surface area contributed by atoms with Crippen LogP contribution in [-0.4, -0.2) is 16.7 Å². The third-order valence-electron chi connectivity index (χ3n) is 2.40. The summed E-state index contributed by atoms with van der Waals surface area (Å²) in [6.45, 7) is 5.37. The van der Waals surface area contributed by atoms with Crippen LogP contribution in [0.4, 0.5) is 16.5 Å². The summed E-state index contributed by atoms with van der Waals surface area (Å²) in [6, 6.07) is 5.01. The molecular formula is C14H16ClN3O3. The number of nitrogens with two attached hydrogens (primary N) is 1. The molecule has 0 aliphatic heterocycles. The van der Waals surface area contributed by atoms with Crippen molar-refractivity contribution in [2.24, 2.45) is 0 Å². The summed E-state index contributed by atoms with van der Waals surface area (Å²) in [5, 5.41) is 3.09. The molecule has 3 N–H and O–H groups in total. The average Bonchev–Trinajstić information content (AvgIpc) is 2.76. The third-order valence-corrected chi connectivity index (χ3v) is 2.73. The van der Waals surface area contributed by atoms with Gasteiger partial charge in [0, 0.05) is 11.3 Å². The highest BCUT2D eigenvalue weighted by atomic mass is 35.5. The number of nitrogen functional groups attached to an aromatic ring is 1. The fourth-order valence-electron chi connectivity index (χ4n) is 1.63. The van der Waals surface area contributed by atoms with Gasteiger partial charge in [-0.2, -0.15) is 0 Å². The largest absolute Gasteiger partial charge is 0.444 e. The summed E-state index contributed by atoms with van der Waals surface area (Å²) in [7, 11) is 0. The second-order valence-corrected chi connectivity index (χ2v) is 5.79.